The average molecular weight is 494 g/mol. The van der Waals surface area contributed by atoms with Gasteiger partial charge in [0.1, 0.15) is 5.82 Å². The molecule has 2 N–H and O–H groups in total. The van der Waals surface area contributed by atoms with Crippen LogP contribution in [-0.4, -0.2) is 31.8 Å². The molecule has 1 atom stereocenters. The van der Waals surface area contributed by atoms with Crippen LogP contribution in [0.25, 0.3) is 5.57 Å². The normalized spacial score (nSPS) is 11.9. The molecule has 0 amide bonds. The molecule has 3 nitrogen and oxygen atoms in total. The predicted molar refractivity (Wildman–Crippen MR) is 159 cm³/mol. The molecule has 2 aromatic carbocycles. The number of hydrogen-bond acceptors (Lipinski definition) is 3. The van der Waals surface area contributed by atoms with E-state index in [0.29, 0.717) is 18.0 Å². The Bertz CT molecular complexity index is 975. The summed E-state index contributed by atoms with van der Waals surface area (Å²) in [4.78, 5) is 6.36. The predicted octanol–water partition coefficient (Wildman–Crippen LogP) is 8.23. The third-order valence-corrected chi connectivity index (χ3v) is 5.88. The van der Waals surface area contributed by atoms with Gasteiger partial charge in [-0.2, -0.15) is 0 Å². The van der Waals surface area contributed by atoms with Gasteiger partial charge in [-0.15, -0.1) is 6.58 Å². The number of aryl methyl sites for hydroxylation is 2. The second-order valence-corrected chi connectivity index (χ2v) is 8.34. The van der Waals surface area contributed by atoms with Crippen LogP contribution in [0, 0.1) is 19.7 Å². The highest BCUT2D eigenvalue weighted by Crippen LogP contribution is 2.29. The first-order chi connectivity index (χ1) is 17.4. The zero-order valence-corrected chi connectivity index (χ0v) is 23.7. The summed E-state index contributed by atoms with van der Waals surface area (Å²) in [6.07, 6.45) is 10.5. The zero-order valence-electron chi connectivity index (χ0n) is 23.7. The number of benzene rings is 2. The molecule has 0 bridgehead atoms. The van der Waals surface area contributed by atoms with Gasteiger partial charge in [-0.05, 0) is 112 Å². The molecule has 1 unspecified atom stereocenters. The SMILES string of the molecule is C=CCCN(CCC)C(C)c1cc(/C(=C/C=C\N=C)Cc2ccc(F)c(C)c2)ccc1C.CC.CN. The number of nitrogens with zero attached hydrogens (tertiary/aromatic N) is 2. The van der Waals surface area contributed by atoms with Crippen LogP contribution in [0.2, 0.25) is 0 Å². The monoisotopic (exact) mass is 493 g/mol. The molecule has 0 spiro atoms. The maximum Gasteiger partial charge on any atom is 0.126 e. The minimum absolute atomic E-state index is 0.169. The summed E-state index contributed by atoms with van der Waals surface area (Å²) in [5.74, 6) is -0.169. The van der Waals surface area contributed by atoms with E-state index in [4.69, 9.17) is 0 Å². The molecule has 0 aliphatic heterocycles. The summed E-state index contributed by atoms with van der Waals surface area (Å²) >= 11 is 0. The molecule has 2 rings (SSSR count). The summed E-state index contributed by atoms with van der Waals surface area (Å²) in [7, 11) is 1.50. The molecule has 2 aromatic rings. The van der Waals surface area contributed by atoms with Crippen molar-refractivity contribution in [2.45, 2.75) is 66.8 Å². The molecule has 0 fully saturated rings. The number of aliphatic imine (C=N–C) groups is 1. The van der Waals surface area contributed by atoms with Gasteiger partial charge in [0.15, 0.2) is 0 Å². The average Bonchev–Trinajstić information content (AvgIpc) is 2.90. The van der Waals surface area contributed by atoms with Crippen LogP contribution in [0.15, 0.2) is 72.4 Å². The van der Waals surface area contributed by atoms with E-state index in [0.717, 1.165) is 37.1 Å². The van der Waals surface area contributed by atoms with Crippen LogP contribution >= 0.6 is 0 Å². The standard InChI is InChI=1S/C29H37FN2.C2H6.CH5N/c1-7-9-18-32(17-8-2)24(5)28-21-27(14-12-22(28)3)26(11-10-16-31-6)20-25-13-15-29(30)23(4)19-25;2*1-2/h7,10-16,19,21,24H,1,6,8-9,17-18,20H2,2-5H3;1-2H3;2H2,1H3/b16-10-,26-11+;;. The van der Waals surface area contributed by atoms with E-state index in [1.807, 2.05) is 38.1 Å². The van der Waals surface area contributed by atoms with Crippen LogP contribution < -0.4 is 5.73 Å². The Morgan fingerprint density at radius 1 is 1.08 bits per heavy atom. The molecule has 0 heterocycles. The van der Waals surface area contributed by atoms with E-state index in [1.165, 1.54) is 23.7 Å². The van der Waals surface area contributed by atoms with Gasteiger partial charge in [-0.1, -0.05) is 57.2 Å². The largest absolute Gasteiger partial charge is 0.333 e. The summed E-state index contributed by atoms with van der Waals surface area (Å²) < 4.78 is 13.8. The second-order valence-electron chi connectivity index (χ2n) is 8.34. The zero-order chi connectivity index (χ0) is 27.5. The molecule has 0 aromatic heterocycles. The maximum absolute atomic E-state index is 13.8. The Labute approximate surface area is 220 Å². The van der Waals surface area contributed by atoms with Crippen molar-refractivity contribution in [3.63, 3.8) is 0 Å². The maximum atomic E-state index is 13.8. The Morgan fingerprint density at radius 3 is 2.36 bits per heavy atom. The molecule has 0 saturated heterocycles. The van der Waals surface area contributed by atoms with Crippen molar-refractivity contribution in [3.05, 3.63) is 101 Å². The fraction of sp³-hybridized carbons (Fsp3) is 0.406. The van der Waals surface area contributed by atoms with Gasteiger partial charge < -0.3 is 5.73 Å². The molecular formula is C32H48FN3. The molecule has 198 valence electrons. The minimum Gasteiger partial charge on any atom is -0.333 e. The highest BCUT2D eigenvalue weighted by molar-refractivity contribution is 5.70. The third-order valence-electron chi connectivity index (χ3n) is 5.88. The quantitative estimate of drug-likeness (QED) is 0.184. The highest BCUT2D eigenvalue weighted by Gasteiger charge is 2.17. The summed E-state index contributed by atoms with van der Waals surface area (Å²) in [6, 6.07) is 12.3. The van der Waals surface area contributed by atoms with Crippen LogP contribution in [0.3, 0.4) is 0 Å². The molecule has 0 aliphatic carbocycles. The molecule has 4 heteroatoms. The van der Waals surface area contributed by atoms with E-state index in [-0.39, 0.29) is 5.82 Å². The Balaban J connectivity index is 0.00000291. The van der Waals surface area contributed by atoms with E-state index in [2.05, 4.69) is 74.0 Å². The number of halogens is 1. The topological polar surface area (TPSA) is 41.6 Å². The Hall–Kier alpha value is -2.82. The van der Waals surface area contributed by atoms with Gasteiger partial charge in [0.05, 0.1) is 0 Å². The number of nitrogens with two attached hydrogens (primary N) is 1. The van der Waals surface area contributed by atoms with Crippen molar-refractivity contribution in [3.8, 4) is 0 Å². The first-order valence-electron chi connectivity index (χ1n) is 13.0. The summed E-state index contributed by atoms with van der Waals surface area (Å²) in [5.41, 5.74) is 11.2. The van der Waals surface area contributed by atoms with Crippen molar-refractivity contribution >= 4 is 12.3 Å². The fourth-order valence-corrected chi connectivity index (χ4v) is 4.04. The summed E-state index contributed by atoms with van der Waals surface area (Å²) in [6.45, 7) is 22.0. The van der Waals surface area contributed by atoms with E-state index < -0.39 is 0 Å². The first-order valence-corrected chi connectivity index (χ1v) is 13.0. The van der Waals surface area contributed by atoms with Gasteiger partial charge in [0.2, 0.25) is 0 Å². The van der Waals surface area contributed by atoms with Crippen molar-refractivity contribution in [2.24, 2.45) is 10.7 Å². The Kier molecular flexibility index (Phi) is 17.9. The lowest BCUT2D eigenvalue weighted by Crippen LogP contribution is -2.29. The smallest absolute Gasteiger partial charge is 0.126 e. The minimum atomic E-state index is -0.169. The van der Waals surface area contributed by atoms with Crippen LogP contribution in [0.4, 0.5) is 4.39 Å². The van der Waals surface area contributed by atoms with E-state index in [9.17, 15) is 4.39 Å². The highest BCUT2D eigenvalue weighted by atomic mass is 19.1. The number of hydrogen-bond donors (Lipinski definition) is 1. The van der Waals surface area contributed by atoms with E-state index in [1.54, 1.807) is 19.2 Å². The molecule has 0 radical (unpaired) electrons. The summed E-state index contributed by atoms with van der Waals surface area (Å²) in [5, 5.41) is 0. The first kappa shape index (κ1) is 33.2. The Morgan fingerprint density at radius 2 is 1.78 bits per heavy atom. The lowest BCUT2D eigenvalue weighted by molar-refractivity contribution is 0.214. The molecule has 0 saturated carbocycles. The van der Waals surface area contributed by atoms with Crippen LogP contribution in [-0.2, 0) is 6.42 Å². The second kappa shape index (κ2) is 19.4. The van der Waals surface area contributed by atoms with Crippen molar-refractivity contribution in [1.29, 1.82) is 0 Å². The molecule has 0 aliphatic rings. The van der Waals surface area contributed by atoms with Gasteiger partial charge in [-0.3, -0.25) is 9.89 Å². The van der Waals surface area contributed by atoms with Crippen molar-refractivity contribution < 1.29 is 4.39 Å². The van der Waals surface area contributed by atoms with Gasteiger partial charge in [0.25, 0.3) is 0 Å². The van der Waals surface area contributed by atoms with Crippen LogP contribution in [0.1, 0.15) is 74.4 Å². The van der Waals surface area contributed by atoms with Crippen molar-refractivity contribution in [1.82, 2.24) is 4.90 Å². The van der Waals surface area contributed by atoms with Crippen molar-refractivity contribution in [2.75, 3.05) is 20.1 Å². The lowest BCUT2D eigenvalue weighted by Gasteiger charge is -2.30. The fourth-order valence-electron chi connectivity index (χ4n) is 4.04. The van der Waals surface area contributed by atoms with Gasteiger partial charge >= 0.3 is 0 Å². The number of rotatable bonds is 12. The van der Waals surface area contributed by atoms with Gasteiger partial charge in [0, 0.05) is 18.8 Å². The lowest BCUT2D eigenvalue weighted by atomic mass is 9.91. The molecule has 36 heavy (non-hydrogen) atoms. The number of allylic oxidation sites excluding steroid dienone is 3. The third kappa shape index (κ3) is 10.8. The van der Waals surface area contributed by atoms with Gasteiger partial charge in [-0.25, -0.2) is 4.39 Å². The van der Waals surface area contributed by atoms with E-state index >= 15 is 0 Å². The molecular weight excluding hydrogens is 445 g/mol. The van der Waals surface area contributed by atoms with Crippen LogP contribution in [0.5, 0.6) is 0 Å².